The van der Waals surface area contributed by atoms with Crippen molar-refractivity contribution in [2.24, 2.45) is 5.92 Å². The number of fused-ring (bicyclic) bond motifs is 3. The summed E-state index contributed by atoms with van der Waals surface area (Å²) in [5, 5.41) is 14.6. The topological polar surface area (TPSA) is 63.6 Å². The third-order valence-corrected chi connectivity index (χ3v) is 7.14. The van der Waals surface area contributed by atoms with Gasteiger partial charge >= 0.3 is 0 Å². The van der Waals surface area contributed by atoms with E-state index in [2.05, 4.69) is 39.0 Å². The highest BCUT2D eigenvalue weighted by Crippen LogP contribution is 2.42. The van der Waals surface area contributed by atoms with E-state index >= 15 is 0 Å². The summed E-state index contributed by atoms with van der Waals surface area (Å²) in [6, 6.07) is 0. The molecule has 1 N–H and O–H groups in total. The molecule has 1 atom stereocenters. The fourth-order valence-electron chi connectivity index (χ4n) is 2.89. The Kier molecular flexibility index (Phi) is 4.51. The van der Waals surface area contributed by atoms with Crippen molar-refractivity contribution in [3.8, 4) is 0 Å². The first-order valence-corrected chi connectivity index (χ1v) is 10.3. The molecule has 0 fully saturated rings. The maximum Gasteiger partial charge on any atom is 0.206 e. The van der Waals surface area contributed by atoms with Crippen LogP contribution >= 0.6 is 34.4 Å². The summed E-state index contributed by atoms with van der Waals surface area (Å²) < 4.78 is 0.894. The fraction of sp³-hybridized carbons (Fsp3) is 0.375. The fourth-order valence-corrected chi connectivity index (χ4v) is 6.10. The van der Waals surface area contributed by atoms with Crippen molar-refractivity contribution >= 4 is 49.8 Å². The van der Waals surface area contributed by atoms with E-state index in [1.807, 2.05) is 11.3 Å². The second kappa shape index (κ2) is 6.78. The predicted octanol–water partition coefficient (Wildman–Crippen LogP) is 4.42. The number of nitrogens with one attached hydrogen (secondary N) is 1. The number of anilines is 1. The molecule has 0 aliphatic heterocycles. The first-order chi connectivity index (χ1) is 11.7. The zero-order valence-electron chi connectivity index (χ0n) is 13.3. The van der Waals surface area contributed by atoms with Crippen molar-refractivity contribution in [1.29, 1.82) is 0 Å². The number of aromatic nitrogens is 4. The van der Waals surface area contributed by atoms with Crippen LogP contribution in [0.2, 0.25) is 0 Å². The van der Waals surface area contributed by atoms with Crippen LogP contribution in [0.25, 0.3) is 10.2 Å². The molecule has 0 saturated heterocycles. The lowest BCUT2D eigenvalue weighted by atomic mass is 9.89. The van der Waals surface area contributed by atoms with Gasteiger partial charge in [-0.25, -0.2) is 9.97 Å². The van der Waals surface area contributed by atoms with Gasteiger partial charge in [0.15, 0.2) is 4.34 Å². The van der Waals surface area contributed by atoms with Crippen LogP contribution in [0.4, 0.5) is 5.13 Å². The van der Waals surface area contributed by atoms with Crippen molar-refractivity contribution < 1.29 is 0 Å². The largest absolute Gasteiger partial charge is 0.357 e. The van der Waals surface area contributed by atoms with Crippen molar-refractivity contribution in [2.75, 3.05) is 11.9 Å². The highest BCUT2D eigenvalue weighted by atomic mass is 32.2. The number of nitrogens with zero attached hydrogens (tertiary/aromatic N) is 4. The SMILES string of the molecule is C=CCNc1nnc(Sc2ncnc3sc4c(c23)CCC(C)C4)s1. The first kappa shape index (κ1) is 16.0. The Morgan fingerprint density at radius 2 is 2.29 bits per heavy atom. The van der Waals surface area contributed by atoms with Gasteiger partial charge in [-0.15, -0.1) is 28.1 Å². The lowest BCUT2D eigenvalue weighted by molar-refractivity contribution is 0.509. The number of hydrogen-bond acceptors (Lipinski definition) is 8. The Morgan fingerprint density at radius 3 is 3.17 bits per heavy atom. The van der Waals surface area contributed by atoms with E-state index in [0.29, 0.717) is 6.54 Å². The highest BCUT2D eigenvalue weighted by Gasteiger charge is 2.23. The van der Waals surface area contributed by atoms with Crippen LogP contribution in [0.3, 0.4) is 0 Å². The lowest BCUT2D eigenvalue weighted by Crippen LogP contribution is -2.08. The third kappa shape index (κ3) is 3.05. The average molecular weight is 376 g/mol. The molecule has 0 radical (unpaired) electrons. The van der Waals surface area contributed by atoms with E-state index in [0.717, 1.165) is 38.1 Å². The Labute approximate surface area is 152 Å². The average Bonchev–Trinajstić information content (AvgIpc) is 3.16. The van der Waals surface area contributed by atoms with Gasteiger partial charge < -0.3 is 5.32 Å². The van der Waals surface area contributed by atoms with Gasteiger partial charge in [-0.3, -0.25) is 0 Å². The molecule has 3 aromatic rings. The molecule has 1 aliphatic rings. The van der Waals surface area contributed by atoms with Gasteiger partial charge in [0.1, 0.15) is 16.2 Å². The number of aryl methyl sites for hydroxylation is 1. The molecule has 8 heteroatoms. The van der Waals surface area contributed by atoms with Crippen LogP contribution in [-0.2, 0) is 12.8 Å². The number of hydrogen-bond donors (Lipinski definition) is 1. The molecule has 3 aromatic heterocycles. The minimum absolute atomic E-state index is 0.688. The molecule has 3 heterocycles. The Hall–Kier alpha value is -1.51. The molecular weight excluding hydrogens is 358 g/mol. The third-order valence-electron chi connectivity index (χ3n) is 4.05. The van der Waals surface area contributed by atoms with Crippen LogP contribution in [0.5, 0.6) is 0 Å². The standard InChI is InChI=1S/C16H17N5S3/c1-3-6-17-15-20-21-16(24-15)23-14-12-10-5-4-9(2)7-11(10)22-13(12)18-8-19-14/h3,8-9H,1,4-7H2,2H3,(H,17,20). The molecular formula is C16H17N5S3. The Bertz CT molecular complexity index is 885. The van der Waals surface area contributed by atoms with Gasteiger partial charge in [-0.2, -0.15) is 0 Å². The van der Waals surface area contributed by atoms with E-state index in [1.165, 1.54) is 22.2 Å². The highest BCUT2D eigenvalue weighted by molar-refractivity contribution is 8.01. The minimum atomic E-state index is 0.688. The van der Waals surface area contributed by atoms with Crippen molar-refractivity contribution in [2.45, 2.75) is 35.6 Å². The summed E-state index contributed by atoms with van der Waals surface area (Å²) >= 11 is 4.95. The van der Waals surface area contributed by atoms with Crippen molar-refractivity contribution in [3.05, 3.63) is 29.4 Å². The summed E-state index contributed by atoms with van der Waals surface area (Å²) in [6.45, 7) is 6.71. The number of rotatable bonds is 5. The molecule has 124 valence electrons. The van der Waals surface area contributed by atoms with E-state index < -0.39 is 0 Å². The van der Waals surface area contributed by atoms with E-state index in [9.17, 15) is 0 Å². The molecule has 5 nitrogen and oxygen atoms in total. The van der Waals surface area contributed by atoms with Crippen LogP contribution in [0.15, 0.2) is 28.3 Å². The summed E-state index contributed by atoms with van der Waals surface area (Å²) in [5.41, 5.74) is 1.45. The van der Waals surface area contributed by atoms with Crippen molar-refractivity contribution in [3.63, 3.8) is 0 Å². The van der Waals surface area contributed by atoms with Gasteiger partial charge in [-0.05, 0) is 42.5 Å². The van der Waals surface area contributed by atoms with E-state index in [1.54, 1.807) is 35.5 Å². The van der Waals surface area contributed by atoms with Gasteiger partial charge in [0.2, 0.25) is 5.13 Å². The van der Waals surface area contributed by atoms with Gasteiger partial charge in [0.05, 0.1) is 0 Å². The minimum Gasteiger partial charge on any atom is -0.357 e. The molecule has 1 aliphatic carbocycles. The molecule has 1 unspecified atom stereocenters. The second-order valence-electron chi connectivity index (χ2n) is 5.86. The normalized spacial score (nSPS) is 17.0. The monoisotopic (exact) mass is 375 g/mol. The molecule has 0 saturated carbocycles. The van der Waals surface area contributed by atoms with E-state index in [4.69, 9.17) is 0 Å². The summed E-state index contributed by atoms with van der Waals surface area (Å²) in [4.78, 5) is 11.6. The molecule has 0 aromatic carbocycles. The van der Waals surface area contributed by atoms with Crippen LogP contribution in [-0.4, -0.2) is 26.7 Å². The van der Waals surface area contributed by atoms with E-state index in [-0.39, 0.29) is 0 Å². The molecule has 24 heavy (non-hydrogen) atoms. The maximum atomic E-state index is 4.53. The smallest absolute Gasteiger partial charge is 0.206 e. The number of thiophene rings is 1. The van der Waals surface area contributed by atoms with Crippen LogP contribution in [0.1, 0.15) is 23.8 Å². The Morgan fingerprint density at radius 1 is 1.38 bits per heavy atom. The van der Waals surface area contributed by atoms with Crippen LogP contribution < -0.4 is 5.32 Å². The quantitative estimate of drug-likeness (QED) is 0.526. The van der Waals surface area contributed by atoms with Gasteiger partial charge in [0.25, 0.3) is 0 Å². The molecule has 0 bridgehead atoms. The second-order valence-corrected chi connectivity index (χ2v) is 9.15. The predicted molar refractivity (Wildman–Crippen MR) is 101 cm³/mol. The summed E-state index contributed by atoms with van der Waals surface area (Å²) in [6.07, 6.45) is 7.00. The van der Waals surface area contributed by atoms with Crippen molar-refractivity contribution in [1.82, 2.24) is 20.2 Å². The Balaban J connectivity index is 1.67. The zero-order chi connectivity index (χ0) is 16.5. The zero-order valence-corrected chi connectivity index (χ0v) is 15.7. The van der Waals surface area contributed by atoms with Gasteiger partial charge in [-0.1, -0.05) is 24.3 Å². The molecule has 0 spiro atoms. The summed E-state index contributed by atoms with van der Waals surface area (Å²) in [5.74, 6) is 0.760. The lowest BCUT2D eigenvalue weighted by Gasteiger charge is -2.17. The summed E-state index contributed by atoms with van der Waals surface area (Å²) in [7, 11) is 0. The maximum absolute atomic E-state index is 4.53. The first-order valence-electron chi connectivity index (χ1n) is 7.86. The molecule has 0 amide bonds. The molecule has 4 rings (SSSR count). The van der Waals surface area contributed by atoms with Crippen LogP contribution in [0, 0.1) is 5.92 Å². The van der Waals surface area contributed by atoms with Gasteiger partial charge in [0, 0.05) is 16.8 Å².